The Kier molecular flexibility index (Phi) is 7.90. The zero-order chi connectivity index (χ0) is 23.4. The minimum absolute atomic E-state index is 0.0649. The smallest absolute Gasteiger partial charge is 0.244 e. The Hall–Kier alpha value is -2.45. The van der Waals surface area contributed by atoms with Crippen LogP contribution in [0.15, 0.2) is 30.3 Å². The number of likely N-dealkylation sites (tertiary alicyclic amines) is 1. The Morgan fingerprint density at radius 2 is 1.69 bits per heavy atom. The lowest BCUT2D eigenvalue weighted by Crippen LogP contribution is -2.54. The highest BCUT2D eigenvalue weighted by Crippen LogP contribution is 2.37. The van der Waals surface area contributed by atoms with Crippen LogP contribution in [0.5, 0.6) is 0 Å². The number of rotatable bonds is 6. The molecule has 0 aromatic heterocycles. The minimum Gasteiger partial charge on any atom is -0.351 e. The summed E-state index contributed by atoms with van der Waals surface area (Å²) in [7, 11) is 3.42. The second-order valence-electron chi connectivity index (χ2n) is 9.35. The van der Waals surface area contributed by atoms with Crippen LogP contribution in [0.1, 0.15) is 38.8 Å². The fourth-order valence-corrected chi connectivity index (χ4v) is 4.87. The Morgan fingerprint density at radius 1 is 1.06 bits per heavy atom. The number of benzene rings is 1. The maximum Gasteiger partial charge on any atom is 0.244 e. The molecule has 0 spiro atoms. The summed E-state index contributed by atoms with van der Waals surface area (Å²) < 4.78 is 0. The van der Waals surface area contributed by atoms with Crippen molar-refractivity contribution >= 4 is 17.7 Å². The highest BCUT2D eigenvalue weighted by molar-refractivity contribution is 5.90. The monoisotopic (exact) mass is 443 g/mol. The van der Waals surface area contributed by atoms with Crippen molar-refractivity contribution in [2.45, 2.75) is 51.4 Å². The molecule has 2 saturated heterocycles. The van der Waals surface area contributed by atoms with Gasteiger partial charge in [-0.2, -0.15) is 0 Å². The number of hydrogen-bond acceptors (Lipinski definition) is 5. The molecule has 1 aromatic rings. The Bertz CT molecular complexity index is 805. The van der Waals surface area contributed by atoms with Crippen LogP contribution in [0.4, 0.5) is 0 Å². The first-order valence-electron chi connectivity index (χ1n) is 11.5. The largest absolute Gasteiger partial charge is 0.351 e. The highest BCUT2D eigenvalue weighted by Gasteiger charge is 2.48. The van der Waals surface area contributed by atoms with Gasteiger partial charge in [0.25, 0.3) is 0 Å². The van der Waals surface area contributed by atoms with Gasteiger partial charge in [-0.05, 0) is 25.8 Å². The molecule has 2 aliphatic rings. The molecule has 2 fully saturated rings. The van der Waals surface area contributed by atoms with Gasteiger partial charge < -0.3 is 15.1 Å². The van der Waals surface area contributed by atoms with Crippen LogP contribution in [0.25, 0.3) is 0 Å². The zero-order valence-corrected chi connectivity index (χ0v) is 20.0. The molecule has 3 amide bonds. The van der Waals surface area contributed by atoms with Crippen molar-refractivity contribution in [3.8, 4) is 0 Å². The van der Waals surface area contributed by atoms with Gasteiger partial charge in [0.15, 0.2) is 0 Å². The van der Waals surface area contributed by atoms with Crippen LogP contribution in [-0.2, 0) is 14.4 Å². The van der Waals surface area contributed by atoms with Crippen molar-refractivity contribution in [1.29, 1.82) is 0 Å². The predicted molar refractivity (Wildman–Crippen MR) is 124 cm³/mol. The van der Waals surface area contributed by atoms with E-state index in [0.29, 0.717) is 12.5 Å². The van der Waals surface area contributed by atoms with Gasteiger partial charge in [0, 0.05) is 53.2 Å². The van der Waals surface area contributed by atoms with E-state index in [4.69, 9.17) is 0 Å². The highest BCUT2D eigenvalue weighted by atomic mass is 16.2. The lowest BCUT2D eigenvalue weighted by molar-refractivity contribution is -0.145. The van der Waals surface area contributed by atoms with Gasteiger partial charge in [0.05, 0.1) is 18.6 Å². The number of carbonyl (C=O) groups is 3. The van der Waals surface area contributed by atoms with E-state index >= 15 is 0 Å². The van der Waals surface area contributed by atoms with Gasteiger partial charge in [-0.15, -0.1) is 0 Å². The van der Waals surface area contributed by atoms with E-state index in [1.807, 2.05) is 30.3 Å². The first kappa shape index (κ1) is 24.2. The maximum atomic E-state index is 13.7. The maximum absolute atomic E-state index is 13.7. The van der Waals surface area contributed by atoms with Gasteiger partial charge in [-0.25, -0.2) is 0 Å². The summed E-state index contributed by atoms with van der Waals surface area (Å²) in [6, 6.07) is 8.90. The SMILES string of the molecule is CC(=O)N[C@H]1C[C@@H](C(=O)N(C)C)N(C(=O)CN2CCN(C(C)C)CC2)[C@H]1c1ccccc1. The molecule has 3 atom stereocenters. The normalized spacial score (nSPS) is 24.6. The Labute approximate surface area is 191 Å². The number of hydrogen-bond donors (Lipinski definition) is 1. The molecular weight excluding hydrogens is 406 g/mol. The lowest BCUT2D eigenvalue weighted by atomic mass is 9.99. The van der Waals surface area contributed by atoms with E-state index in [-0.39, 0.29) is 36.3 Å². The Balaban J connectivity index is 1.86. The van der Waals surface area contributed by atoms with Crippen LogP contribution in [0.2, 0.25) is 0 Å². The van der Waals surface area contributed by atoms with Crippen LogP contribution >= 0.6 is 0 Å². The van der Waals surface area contributed by atoms with E-state index in [1.54, 1.807) is 19.0 Å². The van der Waals surface area contributed by atoms with Crippen molar-refractivity contribution < 1.29 is 14.4 Å². The quantitative estimate of drug-likeness (QED) is 0.709. The first-order chi connectivity index (χ1) is 15.2. The molecule has 1 N–H and O–H groups in total. The molecule has 1 aromatic carbocycles. The van der Waals surface area contributed by atoms with Gasteiger partial charge >= 0.3 is 0 Å². The summed E-state index contributed by atoms with van der Waals surface area (Å²) in [5.74, 6) is -0.340. The number of nitrogens with zero attached hydrogens (tertiary/aromatic N) is 4. The van der Waals surface area contributed by atoms with Crippen LogP contribution in [0, 0.1) is 0 Å². The molecule has 8 nitrogen and oxygen atoms in total. The van der Waals surface area contributed by atoms with Crippen molar-refractivity contribution in [2.75, 3.05) is 46.8 Å². The van der Waals surface area contributed by atoms with Crippen molar-refractivity contribution in [3.63, 3.8) is 0 Å². The second-order valence-corrected chi connectivity index (χ2v) is 9.35. The number of amides is 3. The van der Waals surface area contributed by atoms with Gasteiger partial charge in [0.2, 0.25) is 17.7 Å². The average Bonchev–Trinajstić information content (AvgIpc) is 3.12. The molecule has 2 heterocycles. The molecule has 0 aliphatic carbocycles. The van der Waals surface area contributed by atoms with Crippen molar-refractivity contribution in [3.05, 3.63) is 35.9 Å². The second kappa shape index (κ2) is 10.4. The van der Waals surface area contributed by atoms with Crippen LogP contribution in [-0.4, -0.2) is 102 Å². The fraction of sp³-hybridized carbons (Fsp3) is 0.625. The summed E-state index contributed by atoms with van der Waals surface area (Å²) >= 11 is 0. The molecular formula is C24H37N5O3. The van der Waals surface area contributed by atoms with E-state index in [2.05, 4.69) is 29.0 Å². The Morgan fingerprint density at radius 3 is 2.22 bits per heavy atom. The molecule has 2 aliphatic heterocycles. The summed E-state index contributed by atoms with van der Waals surface area (Å²) in [4.78, 5) is 46.5. The summed E-state index contributed by atoms with van der Waals surface area (Å²) in [5.41, 5.74) is 0.929. The zero-order valence-electron chi connectivity index (χ0n) is 20.0. The summed E-state index contributed by atoms with van der Waals surface area (Å²) in [6.07, 6.45) is 0.406. The first-order valence-corrected chi connectivity index (χ1v) is 11.5. The average molecular weight is 444 g/mol. The summed E-state index contributed by atoms with van der Waals surface area (Å²) in [5, 5.41) is 3.00. The molecule has 176 valence electrons. The number of nitrogens with one attached hydrogen (secondary N) is 1. The lowest BCUT2D eigenvalue weighted by Gasteiger charge is -2.38. The third-order valence-electron chi connectivity index (χ3n) is 6.53. The molecule has 0 radical (unpaired) electrons. The van der Waals surface area contributed by atoms with Crippen LogP contribution < -0.4 is 5.32 Å². The third-order valence-corrected chi connectivity index (χ3v) is 6.53. The van der Waals surface area contributed by atoms with Crippen LogP contribution in [0.3, 0.4) is 0 Å². The van der Waals surface area contributed by atoms with Crippen molar-refractivity contribution in [1.82, 2.24) is 24.9 Å². The predicted octanol–water partition coefficient (Wildman–Crippen LogP) is 0.948. The van der Waals surface area contributed by atoms with E-state index < -0.39 is 6.04 Å². The van der Waals surface area contributed by atoms with Gasteiger partial charge in [-0.3, -0.25) is 24.2 Å². The topological polar surface area (TPSA) is 76.2 Å². The molecule has 3 rings (SSSR count). The van der Waals surface area contributed by atoms with Crippen molar-refractivity contribution in [2.24, 2.45) is 0 Å². The molecule has 0 bridgehead atoms. The molecule has 0 saturated carbocycles. The minimum atomic E-state index is -0.600. The summed E-state index contributed by atoms with van der Waals surface area (Å²) in [6.45, 7) is 9.65. The number of likely N-dealkylation sites (N-methyl/N-ethyl adjacent to an activating group) is 1. The van der Waals surface area contributed by atoms with Gasteiger partial charge in [0.1, 0.15) is 6.04 Å². The van der Waals surface area contributed by atoms with E-state index in [9.17, 15) is 14.4 Å². The van der Waals surface area contributed by atoms with E-state index in [0.717, 1.165) is 31.7 Å². The number of carbonyl (C=O) groups excluding carboxylic acids is 3. The molecule has 0 unspecified atom stereocenters. The van der Waals surface area contributed by atoms with E-state index in [1.165, 1.54) is 11.8 Å². The standard InChI is InChI=1S/C24H37N5O3/c1-17(2)28-13-11-27(12-14-28)16-22(31)29-21(24(32)26(4)5)15-20(25-18(3)30)23(29)19-9-7-6-8-10-19/h6-10,17,20-21,23H,11-16H2,1-5H3,(H,25,30)/t20-,21-,23-/m0/s1. The van der Waals surface area contributed by atoms with Gasteiger partial charge in [-0.1, -0.05) is 30.3 Å². The molecule has 32 heavy (non-hydrogen) atoms. The fourth-order valence-electron chi connectivity index (χ4n) is 4.87. The molecule has 8 heteroatoms. The third kappa shape index (κ3) is 5.48. The number of piperazine rings is 1.